The molecule has 1 heterocycles. The van der Waals surface area contributed by atoms with Gasteiger partial charge in [-0.3, -0.25) is 0 Å². The molecule has 1 aliphatic rings. The summed E-state index contributed by atoms with van der Waals surface area (Å²) in [6.45, 7) is 3.86. The number of urea groups is 1. The Labute approximate surface area is 158 Å². The number of nitrogens with one attached hydrogen (secondary N) is 2. The zero-order valence-electron chi connectivity index (χ0n) is 15.5. The average molecular weight is 366 g/mol. The first kappa shape index (κ1) is 18.5. The Morgan fingerprint density at radius 1 is 1.04 bits per heavy atom. The lowest BCUT2D eigenvalue weighted by atomic mass is 9.95. The van der Waals surface area contributed by atoms with E-state index >= 15 is 0 Å². The number of amides is 2. The van der Waals surface area contributed by atoms with Crippen LogP contribution in [0.4, 0.5) is 4.79 Å². The molecule has 1 unspecified atom stereocenters. The minimum Gasteiger partial charge on any atom is -0.497 e. The van der Waals surface area contributed by atoms with Gasteiger partial charge in [0.25, 0.3) is 0 Å². The predicted molar refractivity (Wildman–Crippen MR) is 101 cm³/mol. The minimum atomic E-state index is -0.588. The van der Waals surface area contributed by atoms with Crippen LogP contribution in [-0.4, -0.2) is 19.1 Å². The van der Waals surface area contributed by atoms with Gasteiger partial charge in [-0.05, 0) is 37.1 Å². The summed E-state index contributed by atoms with van der Waals surface area (Å²) in [5.41, 5.74) is 3.68. The standard InChI is InChI=1S/C21H22N2O4/c1-13-4-6-15(7-5-13)12-27-20(24)18-14(2)22-21(25)23-19(18)16-8-10-17(26-3)11-9-16/h4-11,19H,12H2,1-3H3,(H2,22,23,25). The third kappa shape index (κ3) is 4.28. The van der Waals surface area contributed by atoms with Crippen molar-refractivity contribution in [3.8, 4) is 5.75 Å². The van der Waals surface area contributed by atoms with Crippen molar-refractivity contribution in [2.75, 3.05) is 7.11 Å². The molecule has 2 N–H and O–H groups in total. The molecule has 2 amide bonds. The molecule has 2 aromatic rings. The van der Waals surface area contributed by atoms with Crippen LogP contribution in [0.3, 0.4) is 0 Å². The highest BCUT2D eigenvalue weighted by molar-refractivity contribution is 5.95. The summed E-state index contributed by atoms with van der Waals surface area (Å²) < 4.78 is 10.7. The number of carbonyl (C=O) groups is 2. The quantitative estimate of drug-likeness (QED) is 0.796. The molecule has 3 rings (SSSR count). The molecule has 0 bridgehead atoms. The lowest BCUT2D eigenvalue weighted by molar-refractivity contribution is -0.140. The monoisotopic (exact) mass is 366 g/mol. The van der Waals surface area contributed by atoms with Gasteiger partial charge in [0.1, 0.15) is 12.4 Å². The molecule has 1 aliphatic heterocycles. The Morgan fingerprint density at radius 3 is 2.33 bits per heavy atom. The second-order valence-electron chi connectivity index (χ2n) is 6.41. The summed E-state index contributed by atoms with van der Waals surface area (Å²) >= 11 is 0. The largest absolute Gasteiger partial charge is 0.497 e. The number of benzene rings is 2. The molecule has 2 aromatic carbocycles. The predicted octanol–water partition coefficient (Wildman–Crippen LogP) is 3.37. The molecular weight excluding hydrogens is 344 g/mol. The second-order valence-corrected chi connectivity index (χ2v) is 6.41. The van der Waals surface area contributed by atoms with Gasteiger partial charge in [-0.15, -0.1) is 0 Å². The first-order chi connectivity index (χ1) is 13.0. The molecule has 140 valence electrons. The molecular formula is C21H22N2O4. The van der Waals surface area contributed by atoms with E-state index in [2.05, 4.69) is 10.6 Å². The SMILES string of the molecule is COc1ccc(C2NC(=O)NC(C)=C2C(=O)OCc2ccc(C)cc2)cc1. The van der Waals surface area contributed by atoms with Gasteiger partial charge in [-0.2, -0.15) is 0 Å². The molecule has 1 atom stereocenters. The number of carbonyl (C=O) groups excluding carboxylic acids is 2. The fraction of sp³-hybridized carbons (Fsp3) is 0.238. The summed E-state index contributed by atoms with van der Waals surface area (Å²) in [7, 11) is 1.58. The van der Waals surface area contributed by atoms with Gasteiger partial charge in [0, 0.05) is 5.70 Å². The third-order valence-corrected chi connectivity index (χ3v) is 4.43. The summed E-state index contributed by atoms with van der Waals surface area (Å²) in [4.78, 5) is 24.7. The first-order valence-corrected chi connectivity index (χ1v) is 8.63. The zero-order chi connectivity index (χ0) is 19.4. The van der Waals surface area contributed by atoms with Gasteiger partial charge in [0.05, 0.1) is 18.7 Å². The summed E-state index contributed by atoms with van der Waals surface area (Å²) in [6.07, 6.45) is 0. The van der Waals surface area contributed by atoms with E-state index in [9.17, 15) is 9.59 Å². The highest BCUT2D eigenvalue weighted by Crippen LogP contribution is 2.29. The van der Waals surface area contributed by atoms with Gasteiger partial charge >= 0.3 is 12.0 Å². The second kappa shape index (κ2) is 7.95. The number of allylic oxidation sites excluding steroid dienone is 1. The van der Waals surface area contributed by atoms with E-state index in [0.717, 1.165) is 16.7 Å². The van der Waals surface area contributed by atoms with Gasteiger partial charge in [0.2, 0.25) is 0 Å². The lowest BCUT2D eigenvalue weighted by Crippen LogP contribution is -2.45. The van der Waals surface area contributed by atoms with Gasteiger partial charge < -0.3 is 20.1 Å². The van der Waals surface area contributed by atoms with E-state index in [1.54, 1.807) is 26.2 Å². The van der Waals surface area contributed by atoms with Crippen LogP contribution in [0.25, 0.3) is 0 Å². The van der Waals surface area contributed by atoms with Gasteiger partial charge in [0.15, 0.2) is 0 Å². The molecule has 0 radical (unpaired) electrons. The maximum atomic E-state index is 12.8. The summed E-state index contributed by atoms with van der Waals surface area (Å²) in [5.74, 6) is 0.226. The van der Waals surface area contributed by atoms with Crippen LogP contribution < -0.4 is 15.4 Å². The van der Waals surface area contributed by atoms with E-state index in [-0.39, 0.29) is 12.6 Å². The summed E-state index contributed by atoms with van der Waals surface area (Å²) in [5, 5.41) is 5.43. The Morgan fingerprint density at radius 2 is 1.70 bits per heavy atom. The number of aryl methyl sites for hydroxylation is 1. The van der Waals surface area contributed by atoms with E-state index in [4.69, 9.17) is 9.47 Å². The Kier molecular flexibility index (Phi) is 5.45. The van der Waals surface area contributed by atoms with Crippen molar-refractivity contribution in [1.82, 2.24) is 10.6 Å². The Hall–Kier alpha value is -3.28. The van der Waals surface area contributed by atoms with E-state index in [0.29, 0.717) is 17.0 Å². The van der Waals surface area contributed by atoms with Crippen molar-refractivity contribution in [3.05, 3.63) is 76.5 Å². The van der Waals surface area contributed by atoms with Crippen molar-refractivity contribution < 1.29 is 19.1 Å². The van der Waals surface area contributed by atoms with E-state index in [1.807, 2.05) is 43.3 Å². The van der Waals surface area contributed by atoms with Crippen molar-refractivity contribution >= 4 is 12.0 Å². The van der Waals surface area contributed by atoms with Crippen LogP contribution in [0.5, 0.6) is 5.75 Å². The van der Waals surface area contributed by atoms with Crippen molar-refractivity contribution in [3.63, 3.8) is 0 Å². The fourth-order valence-corrected chi connectivity index (χ4v) is 2.92. The third-order valence-electron chi connectivity index (χ3n) is 4.43. The van der Waals surface area contributed by atoms with Crippen LogP contribution >= 0.6 is 0 Å². The van der Waals surface area contributed by atoms with Crippen molar-refractivity contribution in [2.45, 2.75) is 26.5 Å². The number of hydrogen-bond donors (Lipinski definition) is 2. The number of esters is 1. The zero-order valence-corrected chi connectivity index (χ0v) is 15.5. The van der Waals surface area contributed by atoms with Gasteiger partial charge in [-0.25, -0.2) is 9.59 Å². The molecule has 6 nitrogen and oxygen atoms in total. The highest BCUT2D eigenvalue weighted by atomic mass is 16.5. The molecule has 27 heavy (non-hydrogen) atoms. The molecule has 0 spiro atoms. The van der Waals surface area contributed by atoms with Crippen LogP contribution in [0.15, 0.2) is 59.8 Å². The smallest absolute Gasteiger partial charge is 0.338 e. The molecule has 0 fully saturated rings. The topological polar surface area (TPSA) is 76.7 Å². The number of ether oxygens (including phenoxy) is 2. The summed E-state index contributed by atoms with van der Waals surface area (Å²) in [6, 6.07) is 14.0. The van der Waals surface area contributed by atoms with Crippen molar-refractivity contribution in [2.24, 2.45) is 0 Å². The average Bonchev–Trinajstić information content (AvgIpc) is 2.67. The van der Waals surface area contributed by atoms with Crippen molar-refractivity contribution in [1.29, 1.82) is 0 Å². The van der Waals surface area contributed by atoms with E-state index < -0.39 is 12.0 Å². The van der Waals surface area contributed by atoms with Crippen LogP contribution in [-0.2, 0) is 16.1 Å². The number of rotatable bonds is 5. The van der Waals surface area contributed by atoms with Crippen LogP contribution in [0, 0.1) is 6.92 Å². The minimum absolute atomic E-state index is 0.166. The molecule has 6 heteroatoms. The molecule has 0 aromatic heterocycles. The molecule has 0 aliphatic carbocycles. The van der Waals surface area contributed by atoms with Gasteiger partial charge in [-0.1, -0.05) is 42.0 Å². The fourth-order valence-electron chi connectivity index (χ4n) is 2.92. The van der Waals surface area contributed by atoms with Crippen LogP contribution in [0.2, 0.25) is 0 Å². The first-order valence-electron chi connectivity index (χ1n) is 8.63. The Bertz CT molecular complexity index is 870. The maximum absolute atomic E-state index is 12.8. The van der Waals surface area contributed by atoms with E-state index in [1.165, 1.54) is 0 Å². The van der Waals surface area contributed by atoms with Crippen LogP contribution in [0.1, 0.15) is 29.7 Å². The molecule has 0 saturated heterocycles. The maximum Gasteiger partial charge on any atom is 0.338 e. The normalized spacial score (nSPS) is 16.4. The number of hydrogen-bond acceptors (Lipinski definition) is 4. The highest BCUT2D eigenvalue weighted by Gasteiger charge is 2.32. The molecule has 0 saturated carbocycles. The number of methoxy groups -OCH3 is 1. The Balaban J connectivity index is 1.81. The lowest BCUT2D eigenvalue weighted by Gasteiger charge is -2.28.